The number of aromatic nitrogens is 4. The first-order chi connectivity index (χ1) is 15.3. The molecule has 0 aliphatic heterocycles. The third kappa shape index (κ3) is 4.09. The molecule has 6 heteroatoms. The monoisotopic (exact) mass is 407 g/mol. The van der Waals surface area contributed by atoms with Crippen LogP contribution in [0.25, 0.3) is 22.4 Å². The number of hydrogen-bond acceptors (Lipinski definition) is 3. The number of anilines is 1. The van der Waals surface area contributed by atoms with E-state index in [0.29, 0.717) is 12.8 Å². The van der Waals surface area contributed by atoms with Gasteiger partial charge in [0.05, 0.1) is 22.9 Å². The van der Waals surface area contributed by atoms with Crippen LogP contribution >= 0.6 is 0 Å². The van der Waals surface area contributed by atoms with Gasteiger partial charge in [0.1, 0.15) is 6.33 Å². The Labute approximate surface area is 179 Å². The molecule has 2 heterocycles. The summed E-state index contributed by atoms with van der Waals surface area (Å²) in [4.78, 5) is 16.8. The summed E-state index contributed by atoms with van der Waals surface area (Å²) in [6.45, 7) is 0. The lowest BCUT2D eigenvalue weighted by atomic mass is 10.2. The first-order valence-electron chi connectivity index (χ1n) is 10.2. The van der Waals surface area contributed by atoms with Gasteiger partial charge in [0.25, 0.3) is 0 Å². The number of fused-ring (bicyclic) bond motifs is 1. The van der Waals surface area contributed by atoms with Crippen molar-refractivity contribution in [1.82, 2.24) is 19.3 Å². The van der Waals surface area contributed by atoms with Gasteiger partial charge in [-0.1, -0.05) is 30.3 Å². The van der Waals surface area contributed by atoms with Crippen LogP contribution in [-0.4, -0.2) is 25.2 Å². The van der Waals surface area contributed by atoms with Gasteiger partial charge in [-0.2, -0.15) is 5.10 Å². The average Bonchev–Trinajstić information content (AvgIpc) is 3.46. The van der Waals surface area contributed by atoms with Gasteiger partial charge in [-0.15, -0.1) is 0 Å². The van der Waals surface area contributed by atoms with Crippen LogP contribution in [0.4, 0.5) is 5.69 Å². The quantitative estimate of drug-likeness (QED) is 0.440. The summed E-state index contributed by atoms with van der Waals surface area (Å²) >= 11 is 0. The minimum atomic E-state index is -0.0201. The highest BCUT2D eigenvalue weighted by Crippen LogP contribution is 2.20. The van der Waals surface area contributed by atoms with Crippen LogP contribution in [0.2, 0.25) is 0 Å². The number of benzene rings is 3. The van der Waals surface area contributed by atoms with Crippen molar-refractivity contribution < 1.29 is 4.79 Å². The molecule has 31 heavy (non-hydrogen) atoms. The molecule has 0 aliphatic rings. The number of aryl methyl sites for hydroxylation is 1. The lowest BCUT2D eigenvalue weighted by molar-refractivity contribution is -0.116. The molecule has 0 fully saturated rings. The van der Waals surface area contributed by atoms with Gasteiger partial charge < -0.3 is 5.32 Å². The maximum Gasteiger partial charge on any atom is 0.224 e. The minimum Gasteiger partial charge on any atom is -0.326 e. The minimum absolute atomic E-state index is 0.0201. The maximum absolute atomic E-state index is 12.4. The van der Waals surface area contributed by atoms with Gasteiger partial charge >= 0.3 is 0 Å². The summed E-state index contributed by atoms with van der Waals surface area (Å²) in [6, 6.07) is 25.7. The molecular formula is C25H21N5O. The second kappa shape index (κ2) is 8.28. The van der Waals surface area contributed by atoms with Crippen LogP contribution in [-0.2, 0) is 11.2 Å². The largest absolute Gasteiger partial charge is 0.326 e. The fourth-order valence-corrected chi connectivity index (χ4v) is 3.56. The second-order valence-electron chi connectivity index (χ2n) is 7.33. The number of carbonyl (C=O) groups is 1. The standard InChI is InChI=1S/C25H21N5O/c31-25(15-10-19-16-27-30(17-19)22-6-2-1-3-7-22)28-20-11-13-21(14-12-20)29-18-26-23-8-4-5-9-24(23)29/h1-9,11-14,16-18H,10,15H2,(H,28,31). The zero-order valence-corrected chi connectivity index (χ0v) is 16.8. The molecule has 5 aromatic rings. The highest BCUT2D eigenvalue weighted by Gasteiger charge is 2.07. The van der Waals surface area contributed by atoms with E-state index in [1.807, 2.05) is 107 Å². The maximum atomic E-state index is 12.4. The summed E-state index contributed by atoms with van der Waals surface area (Å²) in [6.07, 6.45) is 6.62. The molecule has 0 spiro atoms. The molecule has 0 unspecified atom stereocenters. The fourth-order valence-electron chi connectivity index (χ4n) is 3.56. The van der Waals surface area contributed by atoms with Crippen molar-refractivity contribution in [3.8, 4) is 11.4 Å². The number of nitrogens with zero attached hydrogens (tertiary/aromatic N) is 4. The second-order valence-corrected chi connectivity index (χ2v) is 7.33. The summed E-state index contributed by atoms with van der Waals surface area (Å²) in [5.41, 5.74) is 5.81. The molecule has 0 atom stereocenters. The molecule has 152 valence electrons. The van der Waals surface area contributed by atoms with Gasteiger partial charge in [-0.05, 0) is 60.5 Å². The predicted octanol–water partition coefficient (Wildman–Crippen LogP) is 4.78. The molecule has 3 aromatic carbocycles. The van der Waals surface area contributed by atoms with Gasteiger partial charge in [-0.25, -0.2) is 9.67 Å². The van der Waals surface area contributed by atoms with Crippen molar-refractivity contribution >= 4 is 22.6 Å². The molecule has 1 N–H and O–H groups in total. The number of rotatable bonds is 6. The summed E-state index contributed by atoms with van der Waals surface area (Å²) < 4.78 is 3.86. The highest BCUT2D eigenvalue weighted by atomic mass is 16.1. The van der Waals surface area contributed by atoms with Crippen LogP contribution < -0.4 is 5.32 Å². The SMILES string of the molecule is O=C(CCc1cnn(-c2ccccc2)c1)Nc1ccc(-n2cnc3ccccc32)cc1. The fraction of sp³-hybridized carbons (Fsp3) is 0.0800. The molecule has 2 aromatic heterocycles. The summed E-state index contributed by atoms with van der Waals surface area (Å²) in [7, 11) is 0. The number of imidazole rings is 1. The average molecular weight is 407 g/mol. The highest BCUT2D eigenvalue weighted by molar-refractivity contribution is 5.91. The molecule has 0 saturated heterocycles. The number of nitrogens with one attached hydrogen (secondary N) is 1. The van der Waals surface area contributed by atoms with E-state index in [0.717, 1.165) is 33.7 Å². The Morgan fingerprint density at radius 1 is 0.871 bits per heavy atom. The van der Waals surface area contributed by atoms with Crippen molar-refractivity contribution in [1.29, 1.82) is 0 Å². The van der Waals surface area contributed by atoms with Crippen LogP contribution in [0.1, 0.15) is 12.0 Å². The topological polar surface area (TPSA) is 64.7 Å². The van der Waals surface area contributed by atoms with Crippen LogP contribution in [0.15, 0.2) is 97.6 Å². The first-order valence-corrected chi connectivity index (χ1v) is 10.2. The normalized spacial score (nSPS) is 11.0. The van der Waals surface area contributed by atoms with E-state index >= 15 is 0 Å². The van der Waals surface area contributed by atoms with Gasteiger partial charge in [-0.3, -0.25) is 9.36 Å². The van der Waals surface area contributed by atoms with E-state index < -0.39 is 0 Å². The van der Waals surface area contributed by atoms with Crippen LogP contribution in [0.3, 0.4) is 0 Å². The lowest BCUT2D eigenvalue weighted by Crippen LogP contribution is -2.12. The van der Waals surface area contributed by atoms with Gasteiger partial charge in [0.15, 0.2) is 0 Å². The van der Waals surface area contributed by atoms with Crippen molar-refractivity contribution in [2.24, 2.45) is 0 Å². The van der Waals surface area contributed by atoms with Gasteiger partial charge in [0, 0.05) is 24.0 Å². The Bertz CT molecular complexity index is 1320. The smallest absolute Gasteiger partial charge is 0.224 e. The third-order valence-electron chi connectivity index (χ3n) is 5.18. The number of amides is 1. The molecule has 0 radical (unpaired) electrons. The zero-order valence-electron chi connectivity index (χ0n) is 16.8. The molecule has 0 aliphatic carbocycles. The molecule has 0 saturated carbocycles. The summed E-state index contributed by atoms with van der Waals surface area (Å²) in [5, 5.41) is 7.35. The number of hydrogen-bond donors (Lipinski definition) is 1. The van der Waals surface area contributed by atoms with Crippen molar-refractivity contribution in [3.05, 3.63) is 103 Å². The first kappa shape index (κ1) is 18.8. The van der Waals surface area contributed by atoms with E-state index in [9.17, 15) is 4.79 Å². The van der Waals surface area contributed by atoms with E-state index in [1.165, 1.54) is 0 Å². The third-order valence-corrected chi connectivity index (χ3v) is 5.18. The van der Waals surface area contributed by atoms with Crippen molar-refractivity contribution in [2.75, 3.05) is 5.32 Å². The number of carbonyl (C=O) groups excluding carboxylic acids is 1. The molecule has 5 rings (SSSR count). The molecule has 6 nitrogen and oxygen atoms in total. The number of para-hydroxylation sites is 3. The Morgan fingerprint density at radius 3 is 2.48 bits per heavy atom. The summed E-state index contributed by atoms with van der Waals surface area (Å²) in [5.74, 6) is -0.0201. The predicted molar refractivity (Wildman–Crippen MR) is 122 cm³/mol. The Kier molecular flexibility index (Phi) is 5.02. The van der Waals surface area contributed by atoms with E-state index in [2.05, 4.69) is 15.4 Å². The van der Waals surface area contributed by atoms with Crippen LogP contribution in [0.5, 0.6) is 0 Å². The van der Waals surface area contributed by atoms with Crippen molar-refractivity contribution in [2.45, 2.75) is 12.8 Å². The Balaban J connectivity index is 1.20. The molecular weight excluding hydrogens is 386 g/mol. The lowest BCUT2D eigenvalue weighted by Gasteiger charge is -2.08. The zero-order chi connectivity index (χ0) is 21.0. The van der Waals surface area contributed by atoms with E-state index in [1.54, 1.807) is 0 Å². The van der Waals surface area contributed by atoms with Crippen LogP contribution in [0, 0.1) is 0 Å². The van der Waals surface area contributed by atoms with E-state index in [-0.39, 0.29) is 5.91 Å². The van der Waals surface area contributed by atoms with Crippen molar-refractivity contribution in [3.63, 3.8) is 0 Å². The molecule has 0 bridgehead atoms. The molecule has 1 amide bonds. The van der Waals surface area contributed by atoms with Gasteiger partial charge in [0.2, 0.25) is 5.91 Å². The Hall–Kier alpha value is -4.19. The van der Waals surface area contributed by atoms with E-state index in [4.69, 9.17) is 0 Å². The Morgan fingerprint density at radius 2 is 1.65 bits per heavy atom.